The number of amides is 1. The Kier molecular flexibility index (Phi) is 7.12. The number of thioether (sulfide) groups is 1. The fourth-order valence-electron chi connectivity index (χ4n) is 2.85. The molecule has 0 saturated carbocycles. The number of hydrogen-bond acceptors (Lipinski definition) is 7. The molecular weight excluding hydrogens is 422 g/mol. The molecule has 0 radical (unpaired) electrons. The molecule has 0 aliphatic carbocycles. The quantitative estimate of drug-likeness (QED) is 0.350. The van der Waals surface area contributed by atoms with Crippen LogP contribution in [0.1, 0.15) is 29.8 Å². The lowest BCUT2D eigenvalue weighted by molar-refractivity contribution is -0.113. The van der Waals surface area contributed by atoms with E-state index < -0.39 is 5.97 Å². The molecule has 1 aliphatic heterocycles. The van der Waals surface area contributed by atoms with E-state index in [2.05, 4.69) is 0 Å². The number of carbonyl (C=O) groups is 2. The Morgan fingerprint density at radius 2 is 1.83 bits per heavy atom. The molecule has 1 amide bonds. The molecule has 3 rings (SSSR count). The molecule has 1 aliphatic rings. The number of anilines is 1. The van der Waals surface area contributed by atoms with Crippen LogP contribution in [0.25, 0.3) is 6.08 Å². The molecule has 1 heterocycles. The van der Waals surface area contributed by atoms with Crippen LogP contribution >= 0.6 is 24.0 Å². The molecular formula is C22H21NO5S2. The van der Waals surface area contributed by atoms with Crippen LogP contribution in [0.4, 0.5) is 5.69 Å². The van der Waals surface area contributed by atoms with E-state index in [1.807, 2.05) is 19.1 Å². The highest BCUT2D eigenvalue weighted by Crippen LogP contribution is 2.37. The van der Waals surface area contributed by atoms with Crippen LogP contribution in [-0.2, 0) is 9.53 Å². The maximum atomic E-state index is 13.0. The van der Waals surface area contributed by atoms with Gasteiger partial charge in [-0.2, -0.15) is 0 Å². The van der Waals surface area contributed by atoms with Crippen LogP contribution in [0, 0.1) is 0 Å². The Labute approximate surface area is 184 Å². The van der Waals surface area contributed by atoms with Gasteiger partial charge in [0.25, 0.3) is 5.91 Å². The third kappa shape index (κ3) is 4.66. The summed E-state index contributed by atoms with van der Waals surface area (Å²) in [6.07, 6.45) is 1.77. The number of methoxy groups -OCH3 is 1. The Morgan fingerprint density at radius 1 is 1.10 bits per heavy atom. The van der Waals surface area contributed by atoms with E-state index in [1.165, 1.54) is 16.7 Å². The van der Waals surface area contributed by atoms with Crippen molar-refractivity contribution in [3.05, 3.63) is 58.5 Å². The van der Waals surface area contributed by atoms with Gasteiger partial charge in [-0.3, -0.25) is 9.69 Å². The van der Waals surface area contributed by atoms with Gasteiger partial charge >= 0.3 is 5.97 Å². The number of nitrogens with zero attached hydrogens (tertiary/aromatic N) is 1. The molecule has 2 aromatic rings. The van der Waals surface area contributed by atoms with Crippen LogP contribution in [0.3, 0.4) is 0 Å². The summed E-state index contributed by atoms with van der Waals surface area (Å²) in [6.45, 7) is 4.45. The van der Waals surface area contributed by atoms with Gasteiger partial charge in [-0.25, -0.2) is 4.79 Å². The van der Waals surface area contributed by atoms with Gasteiger partial charge in [-0.15, -0.1) is 0 Å². The molecule has 0 atom stereocenters. The second kappa shape index (κ2) is 9.77. The predicted molar refractivity (Wildman–Crippen MR) is 122 cm³/mol. The zero-order chi connectivity index (χ0) is 21.7. The van der Waals surface area contributed by atoms with E-state index in [0.29, 0.717) is 45.2 Å². The fourth-order valence-corrected chi connectivity index (χ4v) is 4.15. The molecule has 1 saturated heterocycles. The van der Waals surface area contributed by atoms with Gasteiger partial charge in [0.05, 0.1) is 36.5 Å². The van der Waals surface area contributed by atoms with Crippen molar-refractivity contribution < 1.29 is 23.8 Å². The van der Waals surface area contributed by atoms with Gasteiger partial charge in [0, 0.05) is 0 Å². The molecule has 30 heavy (non-hydrogen) atoms. The van der Waals surface area contributed by atoms with Gasteiger partial charge in [0.1, 0.15) is 0 Å². The van der Waals surface area contributed by atoms with Crippen molar-refractivity contribution in [2.75, 3.05) is 25.2 Å². The summed E-state index contributed by atoms with van der Waals surface area (Å²) in [6, 6.07) is 12.1. The van der Waals surface area contributed by atoms with Gasteiger partial charge in [0.15, 0.2) is 15.8 Å². The van der Waals surface area contributed by atoms with Crippen molar-refractivity contribution in [2.45, 2.75) is 13.8 Å². The minimum atomic E-state index is -0.404. The summed E-state index contributed by atoms with van der Waals surface area (Å²) >= 11 is 6.64. The number of esters is 1. The first-order valence-electron chi connectivity index (χ1n) is 9.34. The molecule has 0 spiro atoms. The number of benzene rings is 2. The first-order valence-corrected chi connectivity index (χ1v) is 10.6. The summed E-state index contributed by atoms with van der Waals surface area (Å²) in [5.41, 5.74) is 1.82. The third-order valence-electron chi connectivity index (χ3n) is 4.22. The number of carbonyl (C=O) groups excluding carboxylic acids is 2. The average molecular weight is 444 g/mol. The normalized spacial score (nSPS) is 14.9. The number of thiocarbonyl (C=S) groups is 1. The summed E-state index contributed by atoms with van der Waals surface area (Å²) < 4.78 is 16.3. The second-order valence-electron chi connectivity index (χ2n) is 6.13. The Balaban J connectivity index is 1.84. The lowest BCUT2D eigenvalue weighted by Gasteiger charge is -2.14. The summed E-state index contributed by atoms with van der Waals surface area (Å²) in [7, 11) is 1.58. The van der Waals surface area contributed by atoms with Crippen molar-refractivity contribution in [3.63, 3.8) is 0 Å². The summed E-state index contributed by atoms with van der Waals surface area (Å²) in [5, 5.41) is 0. The highest BCUT2D eigenvalue weighted by Gasteiger charge is 2.33. The average Bonchev–Trinajstić information content (AvgIpc) is 3.02. The van der Waals surface area contributed by atoms with Gasteiger partial charge in [-0.1, -0.05) is 30.0 Å². The maximum Gasteiger partial charge on any atom is 0.338 e. The molecule has 1 fully saturated rings. The van der Waals surface area contributed by atoms with Crippen LogP contribution in [0.2, 0.25) is 0 Å². The third-order valence-corrected chi connectivity index (χ3v) is 5.52. The minimum Gasteiger partial charge on any atom is -0.493 e. The van der Waals surface area contributed by atoms with E-state index in [0.717, 1.165) is 5.56 Å². The maximum absolute atomic E-state index is 13.0. The zero-order valence-corrected chi connectivity index (χ0v) is 18.5. The standard InChI is InChI=1S/C22H21NO5S2/c1-4-27-18-12-14(6-11-17(18)26-3)13-19-20(24)23(22(29)30-19)16-9-7-15(8-10-16)21(25)28-5-2/h6-13H,4-5H2,1-3H3/b19-13-. The van der Waals surface area contributed by atoms with Crippen molar-refractivity contribution in [2.24, 2.45) is 0 Å². The highest BCUT2D eigenvalue weighted by molar-refractivity contribution is 8.27. The van der Waals surface area contributed by atoms with E-state index in [9.17, 15) is 9.59 Å². The number of rotatable bonds is 7. The van der Waals surface area contributed by atoms with Crippen molar-refractivity contribution in [1.82, 2.24) is 0 Å². The van der Waals surface area contributed by atoms with Gasteiger partial charge in [-0.05, 0) is 61.9 Å². The largest absolute Gasteiger partial charge is 0.493 e. The van der Waals surface area contributed by atoms with Crippen molar-refractivity contribution >= 4 is 51.9 Å². The lowest BCUT2D eigenvalue weighted by Crippen LogP contribution is -2.27. The molecule has 2 aromatic carbocycles. The number of hydrogen-bond donors (Lipinski definition) is 0. The van der Waals surface area contributed by atoms with Gasteiger partial charge < -0.3 is 14.2 Å². The Bertz CT molecular complexity index is 1000. The monoisotopic (exact) mass is 443 g/mol. The highest BCUT2D eigenvalue weighted by atomic mass is 32.2. The molecule has 0 unspecified atom stereocenters. The number of ether oxygens (including phenoxy) is 3. The SMILES string of the molecule is CCOC(=O)c1ccc(N2C(=O)/C(=C/c3ccc(OC)c(OCC)c3)SC2=S)cc1. The fraction of sp³-hybridized carbons (Fsp3) is 0.227. The smallest absolute Gasteiger partial charge is 0.338 e. The minimum absolute atomic E-state index is 0.220. The van der Waals surface area contributed by atoms with E-state index in [-0.39, 0.29) is 5.91 Å². The molecule has 0 N–H and O–H groups in total. The van der Waals surface area contributed by atoms with E-state index in [4.69, 9.17) is 26.4 Å². The lowest BCUT2D eigenvalue weighted by atomic mass is 10.1. The predicted octanol–water partition coefficient (Wildman–Crippen LogP) is 4.68. The molecule has 0 aromatic heterocycles. The first-order chi connectivity index (χ1) is 14.5. The van der Waals surface area contributed by atoms with Gasteiger partial charge in [0.2, 0.25) is 0 Å². The zero-order valence-electron chi connectivity index (χ0n) is 16.8. The van der Waals surface area contributed by atoms with Crippen LogP contribution < -0.4 is 14.4 Å². The second-order valence-corrected chi connectivity index (χ2v) is 7.80. The Morgan fingerprint density at radius 3 is 2.47 bits per heavy atom. The van der Waals surface area contributed by atoms with Crippen molar-refractivity contribution in [3.8, 4) is 11.5 Å². The molecule has 8 heteroatoms. The molecule has 0 bridgehead atoms. The molecule has 156 valence electrons. The topological polar surface area (TPSA) is 65.1 Å². The van der Waals surface area contributed by atoms with E-state index in [1.54, 1.807) is 50.4 Å². The van der Waals surface area contributed by atoms with Crippen LogP contribution in [0.5, 0.6) is 11.5 Å². The van der Waals surface area contributed by atoms with Crippen LogP contribution in [0.15, 0.2) is 47.4 Å². The summed E-state index contributed by atoms with van der Waals surface area (Å²) in [4.78, 5) is 26.8. The Hall–Kier alpha value is -2.84. The van der Waals surface area contributed by atoms with E-state index >= 15 is 0 Å². The first kappa shape index (κ1) is 21.9. The van der Waals surface area contributed by atoms with Crippen LogP contribution in [-0.4, -0.2) is 36.5 Å². The van der Waals surface area contributed by atoms with Crippen molar-refractivity contribution in [1.29, 1.82) is 0 Å². The summed E-state index contributed by atoms with van der Waals surface area (Å²) in [5.74, 6) is 0.614. The molecule has 6 nitrogen and oxygen atoms in total.